The highest BCUT2D eigenvalue weighted by atomic mass is 32.2. The van der Waals surface area contributed by atoms with Gasteiger partial charge in [0.15, 0.2) is 5.76 Å². The molecule has 7 nitrogen and oxygen atoms in total. The Kier molecular flexibility index (Phi) is 3.92. The molecule has 122 valence electrons. The fourth-order valence-corrected chi connectivity index (χ4v) is 3.02. The number of hydrogen-bond acceptors (Lipinski definition) is 5. The van der Waals surface area contributed by atoms with Gasteiger partial charge in [0.05, 0.1) is 4.90 Å². The summed E-state index contributed by atoms with van der Waals surface area (Å²) in [7, 11) is -4.03. The molecule has 2 aromatic carbocycles. The van der Waals surface area contributed by atoms with E-state index in [9.17, 15) is 13.2 Å². The lowest BCUT2D eigenvalue weighted by Crippen LogP contribution is -2.13. The van der Waals surface area contributed by atoms with Crippen molar-refractivity contribution in [2.75, 3.05) is 0 Å². The highest BCUT2D eigenvalue weighted by molar-refractivity contribution is 7.89. The van der Waals surface area contributed by atoms with Gasteiger partial charge >= 0.3 is 11.9 Å². The van der Waals surface area contributed by atoms with Gasteiger partial charge in [-0.1, -0.05) is 42.5 Å². The minimum Gasteiger partial charge on any atom is -0.474 e. The van der Waals surface area contributed by atoms with Crippen LogP contribution in [0.15, 0.2) is 63.9 Å². The number of nitrogens with zero attached hydrogens (tertiary/aromatic N) is 1. The molecule has 1 heterocycles. The number of primary sulfonamides is 1. The van der Waals surface area contributed by atoms with Gasteiger partial charge in [-0.3, -0.25) is 0 Å². The van der Waals surface area contributed by atoms with Crippen LogP contribution in [0.5, 0.6) is 0 Å². The van der Waals surface area contributed by atoms with Gasteiger partial charge in [0, 0.05) is 11.1 Å². The summed E-state index contributed by atoms with van der Waals surface area (Å²) >= 11 is 0. The van der Waals surface area contributed by atoms with Crippen LogP contribution >= 0.6 is 0 Å². The van der Waals surface area contributed by atoms with Gasteiger partial charge in [0.1, 0.15) is 5.69 Å². The van der Waals surface area contributed by atoms with Crippen molar-refractivity contribution >= 4 is 16.0 Å². The van der Waals surface area contributed by atoms with E-state index in [1.54, 1.807) is 36.4 Å². The quantitative estimate of drug-likeness (QED) is 0.749. The smallest absolute Gasteiger partial charge is 0.392 e. The number of aromatic nitrogens is 1. The van der Waals surface area contributed by atoms with Gasteiger partial charge in [-0.25, -0.2) is 23.3 Å². The normalized spacial score (nSPS) is 11.4. The maximum Gasteiger partial charge on any atom is 0.392 e. The van der Waals surface area contributed by atoms with Gasteiger partial charge in [0.2, 0.25) is 10.0 Å². The molecule has 0 atom stereocenters. The summed E-state index contributed by atoms with van der Waals surface area (Å²) in [5.74, 6) is -1.86. The van der Waals surface area contributed by atoms with E-state index in [4.69, 9.17) is 14.7 Å². The number of aromatic carboxylic acids is 1. The molecule has 0 radical (unpaired) electrons. The number of nitrogens with two attached hydrogens (primary N) is 1. The van der Waals surface area contributed by atoms with Crippen molar-refractivity contribution in [3.05, 3.63) is 60.5 Å². The number of carboxylic acid groups (broad SMARTS) is 1. The highest BCUT2D eigenvalue weighted by Gasteiger charge is 2.25. The summed E-state index contributed by atoms with van der Waals surface area (Å²) in [4.78, 5) is 15.0. The summed E-state index contributed by atoms with van der Waals surface area (Å²) < 4.78 is 29.0. The third kappa shape index (κ3) is 2.92. The predicted molar refractivity (Wildman–Crippen MR) is 85.7 cm³/mol. The van der Waals surface area contributed by atoms with Crippen molar-refractivity contribution in [1.29, 1.82) is 0 Å². The van der Waals surface area contributed by atoms with Gasteiger partial charge in [0.25, 0.3) is 0 Å². The SMILES string of the molecule is NS(=O)(=O)c1ccccc1-c1oc(C(=O)O)nc1-c1ccccc1. The van der Waals surface area contributed by atoms with Gasteiger partial charge < -0.3 is 9.52 Å². The van der Waals surface area contributed by atoms with Gasteiger partial charge in [-0.15, -0.1) is 0 Å². The molecule has 0 aliphatic carbocycles. The number of carbonyl (C=O) groups is 1. The van der Waals surface area contributed by atoms with E-state index >= 15 is 0 Å². The summed E-state index contributed by atoms with van der Waals surface area (Å²) in [6.45, 7) is 0. The Balaban J connectivity index is 2.32. The van der Waals surface area contributed by atoms with E-state index in [0.29, 0.717) is 5.56 Å². The highest BCUT2D eigenvalue weighted by Crippen LogP contribution is 2.35. The van der Waals surface area contributed by atoms with Crippen LogP contribution in [-0.4, -0.2) is 24.5 Å². The third-order valence-electron chi connectivity index (χ3n) is 3.30. The molecule has 0 spiro atoms. The van der Waals surface area contributed by atoms with Crippen LogP contribution in [0.2, 0.25) is 0 Å². The topological polar surface area (TPSA) is 123 Å². The Morgan fingerprint density at radius 3 is 2.29 bits per heavy atom. The number of hydrogen-bond donors (Lipinski definition) is 2. The Bertz CT molecular complexity index is 1010. The lowest BCUT2D eigenvalue weighted by atomic mass is 10.1. The molecule has 0 aliphatic rings. The molecular weight excluding hydrogens is 332 g/mol. The zero-order chi connectivity index (χ0) is 17.3. The van der Waals surface area contributed by atoms with Crippen LogP contribution in [0, 0.1) is 0 Å². The first-order chi connectivity index (χ1) is 11.4. The molecule has 1 aromatic heterocycles. The van der Waals surface area contributed by atoms with Crippen molar-refractivity contribution < 1.29 is 22.7 Å². The molecule has 0 unspecified atom stereocenters. The zero-order valence-corrected chi connectivity index (χ0v) is 13.0. The Hall–Kier alpha value is -2.97. The molecule has 0 aliphatic heterocycles. The van der Waals surface area contributed by atoms with Crippen LogP contribution in [0.1, 0.15) is 10.7 Å². The minimum absolute atomic E-state index is 0.0308. The summed E-state index contributed by atoms with van der Waals surface area (Å²) in [5, 5.41) is 14.4. The van der Waals surface area contributed by atoms with Crippen LogP contribution in [0.4, 0.5) is 0 Å². The molecule has 24 heavy (non-hydrogen) atoms. The van der Waals surface area contributed by atoms with Crippen molar-refractivity contribution in [2.24, 2.45) is 5.14 Å². The van der Waals surface area contributed by atoms with E-state index < -0.39 is 21.9 Å². The standard InChI is InChI=1S/C16H12N2O5S/c17-24(21,22)12-9-5-4-8-11(12)14-13(10-6-2-1-3-7-10)18-15(23-14)16(19)20/h1-9H,(H,19,20)(H2,17,21,22). The van der Waals surface area contributed by atoms with Crippen molar-refractivity contribution in [2.45, 2.75) is 4.90 Å². The third-order valence-corrected chi connectivity index (χ3v) is 4.26. The van der Waals surface area contributed by atoms with Crippen LogP contribution in [0.3, 0.4) is 0 Å². The van der Waals surface area contributed by atoms with Crippen molar-refractivity contribution in [3.8, 4) is 22.6 Å². The number of oxazole rings is 1. The number of rotatable bonds is 4. The van der Waals surface area contributed by atoms with Crippen molar-refractivity contribution in [1.82, 2.24) is 4.98 Å². The van der Waals surface area contributed by atoms with Crippen LogP contribution < -0.4 is 5.14 Å². The predicted octanol–water partition coefficient (Wildman–Crippen LogP) is 2.35. The molecule has 0 bridgehead atoms. The molecule has 3 aromatic rings. The molecule has 3 rings (SSSR count). The molecule has 8 heteroatoms. The summed E-state index contributed by atoms with van der Waals surface area (Å²) in [5.41, 5.74) is 0.968. The second-order valence-electron chi connectivity index (χ2n) is 4.91. The monoisotopic (exact) mass is 344 g/mol. The lowest BCUT2D eigenvalue weighted by Gasteiger charge is -2.06. The van der Waals surface area contributed by atoms with Crippen molar-refractivity contribution in [3.63, 3.8) is 0 Å². The maximum atomic E-state index is 11.8. The number of carboxylic acids is 1. The summed E-state index contributed by atoms with van der Waals surface area (Å²) in [6.07, 6.45) is 0. The fraction of sp³-hybridized carbons (Fsp3) is 0. The molecule has 0 saturated heterocycles. The second kappa shape index (κ2) is 5.91. The van der Waals surface area contributed by atoms with E-state index in [0.717, 1.165) is 0 Å². The minimum atomic E-state index is -4.03. The first-order valence-corrected chi connectivity index (χ1v) is 8.34. The average molecular weight is 344 g/mol. The average Bonchev–Trinajstić information content (AvgIpc) is 3.00. The maximum absolute atomic E-state index is 11.8. The van der Waals surface area contributed by atoms with Crippen LogP contribution in [-0.2, 0) is 10.0 Å². The fourth-order valence-electron chi connectivity index (χ4n) is 2.29. The van der Waals surface area contributed by atoms with E-state index in [-0.39, 0.29) is 21.9 Å². The molecule has 0 fully saturated rings. The molecule has 3 N–H and O–H groups in total. The van der Waals surface area contributed by atoms with Gasteiger partial charge in [-0.05, 0) is 12.1 Å². The number of benzene rings is 2. The van der Waals surface area contributed by atoms with Crippen LogP contribution in [0.25, 0.3) is 22.6 Å². The Labute approximate surface area is 137 Å². The van der Waals surface area contributed by atoms with Gasteiger partial charge in [-0.2, -0.15) is 0 Å². The van der Waals surface area contributed by atoms with E-state index in [2.05, 4.69) is 4.98 Å². The summed E-state index contributed by atoms with van der Waals surface area (Å²) in [6, 6.07) is 14.6. The molecular formula is C16H12N2O5S. The zero-order valence-electron chi connectivity index (χ0n) is 12.2. The second-order valence-corrected chi connectivity index (χ2v) is 6.44. The Morgan fingerprint density at radius 2 is 1.67 bits per heavy atom. The largest absolute Gasteiger partial charge is 0.474 e. The van der Waals surface area contributed by atoms with E-state index in [1.807, 2.05) is 0 Å². The first kappa shape index (κ1) is 15.9. The van der Waals surface area contributed by atoms with E-state index in [1.165, 1.54) is 18.2 Å². The Morgan fingerprint density at radius 1 is 1.04 bits per heavy atom. The number of sulfonamides is 1. The first-order valence-electron chi connectivity index (χ1n) is 6.79. The lowest BCUT2D eigenvalue weighted by molar-refractivity contribution is 0.0654. The molecule has 0 saturated carbocycles. The molecule has 0 amide bonds.